The zero-order chi connectivity index (χ0) is 9.84. The summed E-state index contributed by atoms with van der Waals surface area (Å²) in [5.74, 6) is -0.265. The number of allylic oxidation sites excluding steroid dienone is 1. The summed E-state index contributed by atoms with van der Waals surface area (Å²) in [6.45, 7) is 1.79. The molecule has 68 valence electrons. The summed E-state index contributed by atoms with van der Waals surface area (Å²) in [4.78, 5) is 10.6. The van der Waals surface area contributed by atoms with Crippen LogP contribution >= 0.6 is 0 Å². The number of hydrogen-bond donors (Lipinski definition) is 2. The van der Waals surface area contributed by atoms with E-state index < -0.39 is 0 Å². The minimum atomic E-state index is -0.205. The quantitative estimate of drug-likeness (QED) is 0.680. The van der Waals surface area contributed by atoms with Gasteiger partial charge in [-0.05, 0) is 18.6 Å². The highest BCUT2D eigenvalue weighted by Gasteiger charge is 2.06. The number of carbonyl (C=O) groups excluding carboxylic acids is 1. The monoisotopic (exact) mass is 178 g/mol. The van der Waals surface area contributed by atoms with Gasteiger partial charge in [0.15, 0.2) is 6.29 Å². The molecule has 3 heteroatoms. The van der Waals surface area contributed by atoms with Crippen molar-refractivity contribution in [2.75, 3.05) is 0 Å². The van der Waals surface area contributed by atoms with E-state index in [2.05, 4.69) is 0 Å². The molecule has 0 aliphatic heterocycles. The van der Waals surface area contributed by atoms with Gasteiger partial charge in [-0.15, -0.1) is 0 Å². The summed E-state index contributed by atoms with van der Waals surface area (Å²) in [6, 6.07) is 2.56. The molecule has 1 aromatic rings. The lowest BCUT2D eigenvalue weighted by molar-refractivity contribution is 0.112. The number of carbonyl (C=O) groups is 1. The van der Waals surface area contributed by atoms with E-state index in [1.54, 1.807) is 19.1 Å². The molecule has 0 heterocycles. The lowest BCUT2D eigenvalue weighted by Gasteiger charge is -2.02. The highest BCUT2D eigenvalue weighted by atomic mass is 16.3. The molecule has 0 saturated heterocycles. The number of phenols is 2. The summed E-state index contributed by atoms with van der Waals surface area (Å²) in [5.41, 5.74) is 0.700. The van der Waals surface area contributed by atoms with Crippen molar-refractivity contribution in [2.45, 2.75) is 6.92 Å². The van der Waals surface area contributed by atoms with Crippen molar-refractivity contribution >= 4 is 12.4 Å². The number of benzene rings is 1. The van der Waals surface area contributed by atoms with Gasteiger partial charge in [0.05, 0.1) is 5.56 Å². The lowest BCUT2D eigenvalue weighted by atomic mass is 10.1. The number of hydrogen-bond acceptors (Lipinski definition) is 3. The summed E-state index contributed by atoms with van der Waals surface area (Å²) in [5, 5.41) is 18.4. The maximum absolute atomic E-state index is 10.6. The molecular formula is C10H10O3. The van der Waals surface area contributed by atoms with Crippen LogP contribution in [0, 0.1) is 0 Å². The van der Waals surface area contributed by atoms with E-state index in [0.29, 0.717) is 11.8 Å². The van der Waals surface area contributed by atoms with Gasteiger partial charge in [0.2, 0.25) is 0 Å². The van der Waals surface area contributed by atoms with Crippen molar-refractivity contribution in [3.05, 3.63) is 29.3 Å². The molecule has 0 atom stereocenters. The molecule has 0 bridgehead atoms. The van der Waals surface area contributed by atoms with Gasteiger partial charge in [-0.25, -0.2) is 0 Å². The molecule has 0 radical (unpaired) electrons. The SMILES string of the molecule is C/C=C/c1cc(O)cc(O)c1C=O. The number of aldehydes is 1. The molecule has 0 saturated carbocycles. The number of rotatable bonds is 2. The summed E-state index contributed by atoms with van der Waals surface area (Å²) < 4.78 is 0. The Morgan fingerprint density at radius 2 is 2.00 bits per heavy atom. The van der Waals surface area contributed by atoms with E-state index in [4.69, 9.17) is 5.11 Å². The Kier molecular flexibility index (Phi) is 2.69. The molecule has 13 heavy (non-hydrogen) atoms. The van der Waals surface area contributed by atoms with Crippen LogP contribution in [0.2, 0.25) is 0 Å². The van der Waals surface area contributed by atoms with Crippen LogP contribution in [-0.4, -0.2) is 16.5 Å². The second kappa shape index (κ2) is 3.76. The van der Waals surface area contributed by atoms with Crippen LogP contribution in [0.5, 0.6) is 11.5 Å². The standard InChI is InChI=1S/C10H10O3/c1-2-3-7-4-8(12)5-10(13)9(7)6-11/h2-6,12-13H,1H3/b3-2+. The van der Waals surface area contributed by atoms with Crippen LogP contribution in [0.3, 0.4) is 0 Å². The van der Waals surface area contributed by atoms with Crippen molar-refractivity contribution < 1.29 is 15.0 Å². The highest BCUT2D eigenvalue weighted by molar-refractivity contribution is 5.86. The molecule has 2 N–H and O–H groups in total. The Bertz CT molecular complexity index is 353. The Balaban J connectivity index is 3.37. The van der Waals surface area contributed by atoms with E-state index in [0.717, 1.165) is 6.07 Å². The van der Waals surface area contributed by atoms with E-state index in [9.17, 15) is 9.90 Å². The Morgan fingerprint density at radius 1 is 1.31 bits per heavy atom. The van der Waals surface area contributed by atoms with Crippen LogP contribution in [-0.2, 0) is 0 Å². The predicted molar refractivity (Wildman–Crippen MR) is 49.9 cm³/mol. The van der Waals surface area contributed by atoms with E-state index in [1.807, 2.05) is 0 Å². The Labute approximate surface area is 76.0 Å². The average molecular weight is 178 g/mol. The van der Waals surface area contributed by atoms with E-state index in [-0.39, 0.29) is 17.1 Å². The lowest BCUT2D eigenvalue weighted by Crippen LogP contribution is -1.86. The predicted octanol–water partition coefficient (Wildman–Crippen LogP) is 1.94. The Hall–Kier alpha value is -1.77. The fraction of sp³-hybridized carbons (Fsp3) is 0.100. The molecule has 0 aromatic heterocycles. The van der Waals surface area contributed by atoms with Crippen LogP contribution in [0.1, 0.15) is 22.8 Å². The van der Waals surface area contributed by atoms with Crippen molar-refractivity contribution in [3.8, 4) is 11.5 Å². The van der Waals surface area contributed by atoms with Crippen molar-refractivity contribution in [1.82, 2.24) is 0 Å². The molecule has 0 spiro atoms. The molecule has 3 nitrogen and oxygen atoms in total. The fourth-order valence-corrected chi connectivity index (χ4v) is 1.09. The molecule has 0 unspecified atom stereocenters. The molecule has 1 aromatic carbocycles. The fourth-order valence-electron chi connectivity index (χ4n) is 1.09. The van der Waals surface area contributed by atoms with Crippen molar-refractivity contribution in [2.24, 2.45) is 0 Å². The minimum absolute atomic E-state index is 0.0591. The summed E-state index contributed by atoms with van der Waals surface area (Å²) in [6.07, 6.45) is 3.93. The molecule has 0 amide bonds. The zero-order valence-corrected chi connectivity index (χ0v) is 7.19. The first-order valence-corrected chi connectivity index (χ1v) is 3.83. The maximum Gasteiger partial charge on any atom is 0.154 e. The van der Waals surface area contributed by atoms with Gasteiger partial charge in [0.1, 0.15) is 11.5 Å². The van der Waals surface area contributed by atoms with Gasteiger partial charge in [-0.3, -0.25) is 4.79 Å². The zero-order valence-electron chi connectivity index (χ0n) is 7.19. The van der Waals surface area contributed by atoms with Gasteiger partial charge < -0.3 is 10.2 Å². The van der Waals surface area contributed by atoms with Gasteiger partial charge in [0.25, 0.3) is 0 Å². The third-order valence-electron chi connectivity index (χ3n) is 1.64. The van der Waals surface area contributed by atoms with E-state index >= 15 is 0 Å². The minimum Gasteiger partial charge on any atom is -0.508 e. The summed E-state index contributed by atoms with van der Waals surface area (Å²) >= 11 is 0. The van der Waals surface area contributed by atoms with E-state index in [1.165, 1.54) is 6.07 Å². The van der Waals surface area contributed by atoms with Crippen molar-refractivity contribution in [1.29, 1.82) is 0 Å². The maximum atomic E-state index is 10.6. The number of aromatic hydroxyl groups is 2. The second-order valence-electron chi connectivity index (χ2n) is 2.59. The number of phenolic OH excluding ortho intramolecular Hbond substituents is 2. The van der Waals surface area contributed by atoms with Crippen molar-refractivity contribution in [3.63, 3.8) is 0 Å². The third-order valence-corrected chi connectivity index (χ3v) is 1.64. The first-order valence-electron chi connectivity index (χ1n) is 3.83. The molecule has 0 aliphatic carbocycles. The van der Waals surface area contributed by atoms with Gasteiger partial charge in [0, 0.05) is 6.07 Å². The highest BCUT2D eigenvalue weighted by Crippen LogP contribution is 2.26. The largest absolute Gasteiger partial charge is 0.508 e. The molecule has 0 fully saturated rings. The topological polar surface area (TPSA) is 57.5 Å². The molecule has 0 aliphatic rings. The average Bonchev–Trinajstić information content (AvgIpc) is 2.04. The van der Waals surface area contributed by atoms with Crippen LogP contribution in [0.4, 0.5) is 0 Å². The third kappa shape index (κ3) is 1.87. The summed E-state index contributed by atoms with van der Waals surface area (Å²) in [7, 11) is 0. The van der Waals surface area contributed by atoms with Crippen LogP contribution < -0.4 is 0 Å². The second-order valence-corrected chi connectivity index (χ2v) is 2.59. The Morgan fingerprint density at radius 3 is 2.54 bits per heavy atom. The van der Waals surface area contributed by atoms with Gasteiger partial charge in [-0.2, -0.15) is 0 Å². The smallest absolute Gasteiger partial charge is 0.154 e. The molecule has 1 rings (SSSR count). The van der Waals surface area contributed by atoms with Crippen LogP contribution in [0.25, 0.3) is 6.08 Å². The molecular weight excluding hydrogens is 168 g/mol. The van der Waals surface area contributed by atoms with Gasteiger partial charge in [-0.1, -0.05) is 12.2 Å². The first-order chi connectivity index (χ1) is 6.19. The first kappa shape index (κ1) is 9.32. The van der Waals surface area contributed by atoms with Gasteiger partial charge >= 0.3 is 0 Å². The van der Waals surface area contributed by atoms with Crippen LogP contribution in [0.15, 0.2) is 18.2 Å². The normalized spacial score (nSPS) is 10.5.